The van der Waals surface area contributed by atoms with E-state index in [2.05, 4.69) is 13.5 Å². The van der Waals surface area contributed by atoms with Gasteiger partial charge in [-0.25, -0.2) is 4.57 Å². The van der Waals surface area contributed by atoms with E-state index >= 15 is 0 Å². The predicted molar refractivity (Wildman–Crippen MR) is 178 cm³/mol. The summed E-state index contributed by atoms with van der Waals surface area (Å²) < 4.78 is 33.9. The van der Waals surface area contributed by atoms with Crippen LogP contribution in [0.15, 0.2) is 12.7 Å². The van der Waals surface area contributed by atoms with Crippen molar-refractivity contribution in [3.05, 3.63) is 12.7 Å². The lowest BCUT2D eigenvalue weighted by Crippen LogP contribution is -2.37. The fraction of sp³-hybridized carbons (Fsp3) is 0.882. The van der Waals surface area contributed by atoms with Crippen LogP contribution in [-0.4, -0.2) is 74.9 Å². The number of rotatable bonds is 32. The van der Waals surface area contributed by atoms with Crippen LogP contribution in [0.3, 0.4) is 0 Å². The molecule has 0 spiro atoms. The van der Waals surface area contributed by atoms with Gasteiger partial charge >= 0.3 is 19.8 Å². The Bertz CT molecular complexity index is 771. The fourth-order valence-corrected chi connectivity index (χ4v) is 5.38. The Morgan fingerprint density at radius 1 is 0.727 bits per heavy atom. The molecule has 0 aliphatic carbocycles. The fourth-order valence-electron chi connectivity index (χ4n) is 4.64. The molecule has 0 aromatic heterocycles. The SMILES string of the molecule is C=CCCCCCCCC(=O)O[C@@H](COC(=O)CCCCCCCCCCCCCCC)COP(=O)(O)OCC[N+](C)(C)C. The Morgan fingerprint density at radius 2 is 1.20 bits per heavy atom. The van der Waals surface area contributed by atoms with Crippen molar-refractivity contribution >= 4 is 19.8 Å². The highest BCUT2D eigenvalue weighted by Crippen LogP contribution is 2.43. The quantitative estimate of drug-likeness (QED) is 0.0254. The number of phosphoric ester groups is 1. The first-order valence-corrected chi connectivity index (χ1v) is 18.9. The Morgan fingerprint density at radius 3 is 1.70 bits per heavy atom. The average molecular weight is 649 g/mol. The van der Waals surface area contributed by atoms with Gasteiger partial charge in [-0.3, -0.25) is 18.6 Å². The number of quaternary nitrogens is 1. The highest BCUT2D eigenvalue weighted by atomic mass is 31.2. The number of esters is 2. The van der Waals surface area contributed by atoms with E-state index < -0.39 is 26.5 Å². The van der Waals surface area contributed by atoms with E-state index in [0.717, 1.165) is 51.4 Å². The van der Waals surface area contributed by atoms with Crippen molar-refractivity contribution in [2.45, 2.75) is 148 Å². The van der Waals surface area contributed by atoms with Gasteiger partial charge in [0.25, 0.3) is 0 Å². The molecule has 0 aliphatic heterocycles. The number of phosphoric acid groups is 1. The summed E-state index contributed by atoms with van der Waals surface area (Å²) in [5, 5.41) is 0. The van der Waals surface area contributed by atoms with Gasteiger partial charge in [0.2, 0.25) is 0 Å². The van der Waals surface area contributed by atoms with Crippen molar-refractivity contribution in [3.8, 4) is 0 Å². The summed E-state index contributed by atoms with van der Waals surface area (Å²) in [5.74, 6) is -0.823. The molecule has 0 aliphatic rings. The summed E-state index contributed by atoms with van der Waals surface area (Å²) in [6.45, 7) is 5.87. The second-order valence-corrected chi connectivity index (χ2v) is 14.4. The lowest BCUT2D eigenvalue weighted by atomic mass is 10.0. The number of unbranched alkanes of at least 4 members (excludes halogenated alkanes) is 17. The van der Waals surface area contributed by atoms with Crippen molar-refractivity contribution in [1.29, 1.82) is 0 Å². The van der Waals surface area contributed by atoms with Crippen LogP contribution in [0.25, 0.3) is 0 Å². The molecule has 2 atom stereocenters. The maximum absolute atomic E-state index is 12.5. The minimum atomic E-state index is -4.36. The van der Waals surface area contributed by atoms with Crippen molar-refractivity contribution in [2.24, 2.45) is 0 Å². The van der Waals surface area contributed by atoms with Crippen LogP contribution in [0.4, 0.5) is 0 Å². The van der Waals surface area contributed by atoms with E-state index in [4.69, 9.17) is 18.5 Å². The van der Waals surface area contributed by atoms with Crippen molar-refractivity contribution in [2.75, 3.05) is 47.5 Å². The molecule has 0 fully saturated rings. The Balaban J connectivity index is 4.39. The van der Waals surface area contributed by atoms with Gasteiger partial charge in [0, 0.05) is 12.8 Å². The summed E-state index contributed by atoms with van der Waals surface area (Å²) in [6.07, 6.45) is 23.2. The number of carbonyl (C=O) groups excluding carboxylic acids is 2. The highest BCUT2D eigenvalue weighted by molar-refractivity contribution is 7.47. The monoisotopic (exact) mass is 648 g/mol. The van der Waals surface area contributed by atoms with Crippen molar-refractivity contribution in [1.82, 2.24) is 0 Å². The third-order valence-corrected chi connectivity index (χ3v) is 8.43. The third kappa shape index (κ3) is 30.8. The number of hydrogen-bond acceptors (Lipinski definition) is 7. The number of allylic oxidation sites excluding steroid dienone is 1. The average Bonchev–Trinajstić information content (AvgIpc) is 2.95. The molecule has 0 aromatic rings. The van der Waals surface area contributed by atoms with Gasteiger partial charge in [0.15, 0.2) is 6.10 Å². The Labute approximate surface area is 269 Å². The molecule has 0 amide bonds. The summed E-state index contributed by atoms with van der Waals surface area (Å²) in [7, 11) is 1.46. The molecule has 260 valence electrons. The highest BCUT2D eigenvalue weighted by Gasteiger charge is 2.27. The van der Waals surface area contributed by atoms with Gasteiger partial charge in [-0.15, -0.1) is 6.58 Å². The van der Waals surface area contributed by atoms with Crippen molar-refractivity contribution < 1.29 is 42.1 Å². The summed E-state index contributed by atoms with van der Waals surface area (Å²) in [5.41, 5.74) is 0. The zero-order valence-corrected chi connectivity index (χ0v) is 29.6. The molecule has 0 bridgehead atoms. The largest absolute Gasteiger partial charge is 0.472 e. The number of carbonyl (C=O) groups is 2. The van der Waals surface area contributed by atoms with E-state index in [1.807, 2.05) is 27.2 Å². The van der Waals surface area contributed by atoms with Gasteiger partial charge in [0.05, 0.1) is 27.7 Å². The molecule has 0 rings (SSSR count). The van der Waals surface area contributed by atoms with Crippen LogP contribution in [0.1, 0.15) is 142 Å². The van der Waals surface area contributed by atoms with Gasteiger partial charge in [-0.1, -0.05) is 109 Å². The second-order valence-electron chi connectivity index (χ2n) is 13.0. The van der Waals surface area contributed by atoms with E-state index in [-0.39, 0.29) is 32.0 Å². The van der Waals surface area contributed by atoms with Crippen molar-refractivity contribution in [3.63, 3.8) is 0 Å². The smallest absolute Gasteiger partial charge is 0.462 e. The van der Waals surface area contributed by atoms with E-state index in [1.165, 1.54) is 64.2 Å². The molecule has 0 heterocycles. The summed E-state index contributed by atoms with van der Waals surface area (Å²) in [6, 6.07) is 0. The topological polar surface area (TPSA) is 108 Å². The van der Waals surface area contributed by atoms with Crippen LogP contribution in [0, 0.1) is 0 Å². The van der Waals surface area contributed by atoms with Gasteiger partial charge in [-0.05, 0) is 25.7 Å². The molecule has 44 heavy (non-hydrogen) atoms. The molecule has 1 N–H and O–H groups in total. The molecule has 0 aromatic carbocycles. The number of likely N-dealkylation sites (N-methyl/N-ethyl adjacent to an activating group) is 1. The lowest BCUT2D eigenvalue weighted by Gasteiger charge is -2.24. The van der Waals surface area contributed by atoms with Crippen LogP contribution in [0.2, 0.25) is 0 Å². The normalized spacial score (nSPS) is 13.8. The molecule has 0 saturated carbocycles. The maximum atomic E-state index is 12.5. The minimum Gasteiger partial charge on any atom is -0.462 e. The van der Waals surface area contributed by atoms with E-state index in [1.54, 1.807) is 0 Å². The van der Waals surface area contributed by atoms with Crippen LogP contribution >= 0.6 is 7.82 Å². The molecular formula is C34H67NO8P+. The zero-order chi connectivity index (χ0) is 32.9. The predicted octanol–water partition coefficient (Wildman–Crippen LogP) is 8.68. The van der Waals surface area contributed by atoms with Crippen LogP contribution in [-0.2, 0) is 32.7 Å². The first kappa shape index (κ1) is 42.8. The molecule has 0 saturated heterocycles. The zero-order valence-electron chi connectivity index (χ0n) is 28.7. The van der Waals surface area contributed by atoms with Crippen LogP contribution < -0.4 is 0 Å². The number of hydrogen-bond donors (Lipinski definition) is 1. The van der Waals surface area contributed by atoms with Gasteiger partial charge in [-0.2, -0.15) is 0 Å². The standard InChI is InChI=1S/C34H66NO8P/c1-6-8-10-12-14-15-16-17-18-19-21-22-24-26-33(36)40-30-32(31-42-44(38,39)41-29-28-35(3,4)5)43-34(37)27-25-23-20-13-11-9-7-2/h7,32H,2,6,8-31H2,1,3-5H3/p+1/t32-/m0/s1. The third-order valence-electron chi connectivity index (χ3n) is 7.44. The molecule has 0 radical (unpaired) electrons. The van der Waals surface area contributed by atoms with E-state index in [9.17, 15) is 19.0 Å². The Kier molecular flexibility index (Phi) is 27.2. The van der Waals surface area contributed by atoms with Gasteiger partial charge in [0.1, 0.15) is 19.8 Å². The first-order chi connectivity index (χ1) is 21.0. The Hall–Kier alpha value is -1.25. The second kappa shape index (κ2) is 28.0. The van der Waals surface area contributed by atoms with E-state index in [0.29, 0.717) is 17.4 Å². The molecule has 10 heteroatoms. The number of ether oxygens (including phenoxy) is 2. The molecule has 1 unspecified atom stereocenters. The minimum absolute atomic E-state index is 0.0304. The maximum Gasteiger partial charge on any atom is 0.472 e. The summed E-state index contributed by atoms with van der Waals surface area (Å²) in [4.78, 5) is 34.9. The van der Waals surface area contributed by atoms with Gasteiger partial charge < -0.3 is 18.9 Å². The number of nitrogens with zero attached hydrogens (tertiary/aromatic N) is 1. The molecule has 9 nitrogen and oxygen atoms in total. The first-order valence-electron chi connectivity index (χ1n) is 17.4. The van der Waals surface area contributed by atoms with Crippen LogP contribution in [0.5, 0.6) is 0 Å². The molecular weight excluding hydrogens is 581 g/mol. The summed E-state index contributed by atoms with van der Waals surface area (Å²) >= 11 is 0. The lowest BCUT2D eigenvalue weighted by molar-refractivity contribution is -0.870.